The fourth-order valence-corrected chi connectivity index (χ4v) is 4.17. The third-order valence-electron chi connectivity index (χ3n) is 4.43. The van der Waals surface area contributed by atoms with Crippen LogP contribution in [0, 0.1) is 0 Å². The minimum absolute atomic E-state index is 0.132. The monoisotopic (exact) mass is 381 g/mol. The number of carbonyl (C=O) groups is 1. The van der Waals surface area contributed by atoms with E-state index in [9.17, 15) is 9.59 Å². The van der Waals surface area contributed by atoms with E-state index in [1.807, 2.05) is 0 Å². The van der Waals surface area contributed by atoms with Crippen molar-refractivity contribution in [2.45, 2.75) is 18.6 Å². The van der Waals surface area contributed by atoms with Crippen LogP contribution in [-0.4, -0.2) is 52.9 Å². The summed E-state index contributed by atoms with van der Waals surface area (Å²) < 4.78 is 12.0. The van der Waals surface area contributed by atoms with Crippen LogP contribution in [0.1, 0.15) is 23.3 Å². The standard InChI is InChI=1S/C16H16ClN3O4S/c17-13-2-1-12(25-13)10-9-11(19-15(22)18-10)14(21)20-5-3-16(4-6-20)23-7-8-24-16/h1-2,9H,3-8H2,(H,18,19,22). The van der Waals surface area contributed by atoms with Crippen LogP contribution in [0.25, 0.3) is 10.6 Å². The summed E-state index contributed by atoms with van der Waals surface area (Å²) in [5.74, 6) is -0.806. The molecule has 0 atom stereocenters. The molecule has 2 aliphatic rings. The van der Waals surface area contributed by atoms with E-state index >= 15 is 0 Å². The third-order valence-corrected chi connectivity index (χ3v) is 5.69. The number of hydrogen-bond donors (Lipinski definition) is 1. The predicted octanol–water partition coefficient (Wildman–Crippen LogP) is 2.13. The van der Waals surface area contributed by atoms with Gasteiger partial charge in [0.2, 0.25) is 0 Å². The number of ether oxygens (including phenoxy) is 2. The molecule has 2 aromatic heterocycles. The molecule has 0 saturated carbocycles. The molecule has 1 amide bonds. The van der Waals surface area contributed by atoms with Gasteiger partial charge in [0, 0.05) is 25.9 Å². The molecule has 0 unspecified atom stereocenters. The highest BCUT2D eigenvalue weighted by Gasteiger charge is 2.41. The van der Waals surface area contributed by atoms with Crippen molar-refractivity contribution in [3.63, 3.8) is 0 Å². The first kappa shape index (κ1) is 16.7. The quantitative estimate of drug-likeness (QED) is 0.861. The number of thiophene rings is 1. The number of likely N-dealkylation sites (tertiary alicyclic amines) is 1. The molecule has 9 heteroatoms. The number of hydrogen-bond acceptors (Lipinski definition) is 6. The van der Waals surface area contributed by atoms with E-state index in [0.717, 1.165) is 4.88 Å². The van der Waals surface area contributed by atoms with Gasteiger partial charge >= 0.3 is 5.69 Å². The molecule has 1 spiro atoms. The molecule has 0 radical (unpaired) electrons. The smallest absolute Gasteiger partial charge is 0.346 e. The largest absolute Gasteiger partial charge is 0.347 e. The van der Waals surface area contributed by atoms with Gasteiger partial charge in [-0.05, 0) is 18.2 Å². The molecule has 0 aliphatic carbocycles. The van der Waals surface area contributed by atoms with Crippen LogP contribution >= 0.6 is 22.9 Å². The van der Waals surface area contributed by atoms with Crippen molar-refractivity contribution in [1.82, 2.24) is 14.9 Å². The average molecular weight is 382 g/mol. The van der Waals surface area contributed by atoms with Crippen LogP contribution in [0.15, 0.2) is 23.0 Å². The lowest BCUT2D eigenvalue weighted by Gasteiger charge is -2.37. The highest BCUT2D eigenvalue weighted by Crippen LogP contribution is 2.32. The zero-order chi connectivity index (χ0) is 17.4. The number of H-pyrrole nitrogens is 1. The molecule has 4 heterocycles. The minimum atomic E-state index is -0.554. The summed E-state index contributed by atoms with van der Waals surface area (Å²) in [6.07, 6.45) is 1.24. The molecule has 2 fully saturated rings. The lowest BCUT2D eigenvalue weighted by Crippen LogP contribution is -2.47. The van der Waals surface area contributed by atoms with Crippen molar-refractivity contribution in [2.75, 3.05) is 26.3 Å². The summed E-state index contributed by atoms with van der Waals surface area (Å²) in [5, 5.41) is 0. The van der Waals surface area contributed by atoms with Crippen molar-refractivity contribution in [2.24, 2.45) is 0 Å². The molecule has 0 bridgehead atoms. The van der Waals surface area contributed by atoms with Crippen LogP contribution in [0.2, 0.25) is 4.34 Å². The fourth-order valence-electron chi connectivity index (χ4n) is 3.16. The van der Waals surface area contributed by atoms with Gasteiger partial charge in [-0.1, -0.05) is 11.6 Å². The second-order valence-electron chi connectivity index (χ2n) is 5.99. The summed E-state index contributed by atoms with van der Waals surface area (Å²) in [6, 6.07) is 5.14. The Kier molecular flexibility index (Phi) is 4.36. The normalized spacial score (nSPS) is 19.5. The molecule has 0 aromatic carbocycles. The summed E-state index contributed by atoms with van der Waals surface area (Å²) in [7, 11) is 0. The van der Waals surface area contributed by atoms with Crippen molar-refractivity contribution >= 4 is 28.8 Å². The molecular weight excluding hydrogens is 366 g/mol. The van der Waals surface area contributed by atoms with Gasteiger partial charge in [0.25, 0.3) is 5.91 Å². The number of halogens is 1. The Balaban J connectivity index is 1.54. The molecule has 25 heavy (non-hydrogen) atoms. The van der Waals surface area contributed by atoms with Gasteiger partial charge in [-0.2, -0.15) is 4.98 Å². The lowest BCUT2D eigenvalue weighted by molar-refractivity contribution is -0.181. The lowest BCUT2D eigenvalue weighted by atomic mass is 10.0. The van der Waals surface area contributed by atoms with E-state index in [1.165, 1.54) is 11.3 Å². The van der Waals surface area contributed by atoms with Gasteiger partial charge in [-0.15, -0.1) is 11.3 Å². The van der Waals surface area contributed by atoms with Crippen LogP contribution in [0.4, 0.5) is 0 Å². The van der Waals surface area contributed by atoms with Crippen LogP contribution in [-0.2, 0) is 9.47 Å². The first-order valence-electron chi connectivity index (χ1n) is 7.99. The number of amides is 1. The number of nitrogens with zero attached hydrogens (tertiary/aromatic N) is 2. The van der Waals surface area contributed by atoms with Crippen molar-refractivity contribution < 1.29 is 14.3 Å². The van der Waals surface area contributed by atoms with Crippen LogP contribution in [0.3, 0.4) is 0 Å². The van der Waals surface area contributed by atoms with Gasteiger partial charge < -0.3 is 19.4 Å². The number of piperidine rings is 1. The van der Waals surface area contributed by atoms with E-state index < -0.39 is 11.5 Å². The maximum absolute atomic E-state index is 12.8. The number of aromatic amines is 1. The SMILES string of the molecule is O=C(c1cc(-c2ccc(Cl)s2)[nH]c(=O)n1)N1CCC2(CC1)OCCO2. The topological polar surface area (TPSA) is 84.5 Å². The van der Waals surface area contributed by atoms with Crippen LogP contribution < -0.4 is 5.69 Å². The van der Waals surface area contributed by atoms with Crippen LogP contribution in [0.5, 0.6) is 0 Å². The predicted molar refractivity (Wildman–Crippen MR) is 93.0 cm³/mol. The molecule has 4 rings (SSSR count). The van der Waals surface area contributed by atoms with Gasteiger partial charge in [0.05, 0.1) is 28.1 Å². The third kappa shape index (κ3) is 3.35. The van der Waals surface area contributed by atoms with Gasteiger partial charge in [-0.3, -0.25) is 4.79 Å². The molecule has 2 saturated heterocycles. The fraction of sp³-hybridized carbons (Fsp3) is 0.438. The Morgan fingerprint density at radius 1 is 1.28 bits per heavy atom. The summed E-state index contributed by atoms with van der Waals surface area (Å²) in [6.45, 7) is 2.20. The maximum atomic E-state index is 12.8. The molecular formula is C16H16ClN3O4S. The van der Waals surface area contributed by atoms with Gasteiger partial charge in [0.1, 0.15) is 5.69 Å². The van der Waals surface area contributed by atoms with E-state index in [1.54, 1.807) is 23.1 Å². The molecule has 132 valence electrons. The van der Waals surface area contributed by atoms with Crippen molar-refractivity contribution in [3.05, 3.63) is 38.7 Å². The number of aromatic nitrogens is 2. The molecule has 2 aliphatic heterocycles. The average Bonchev–Trinajstić information content (AvgIpc) is 3.24. The Morgan fingerprint density at radius 2 is 2.00 bits per heavy atom. The Bertz CT molecular complexity index is 849. The molecule has 2 aromatic rings. The second kappa shape index (κ2) is 6.53. The molecule has 7 nitrogen and oxygen atoms in total. The van der Waals surface area contributed by atoms with E-state index in [4.69, 9.17) is 21.1 Å². The number of carbonyl (C=O) groups excluding carboxylic acids is 1. The Morgan fingerprint density at radius 3 is 2.64 bits per heavy atom. The highest BCUT2D eigenvalue weighted by atomic mass is 35.5. The maximum Gasteiger partial charge on any atom is 0.346 e. The zero-order valence-electron chi connectivity index (χ0n) is 13.3. The van der Waals surface area contributed by atoms with Crippen molar-refractivity contribution in [3.8, 4) is 10.6 Å². The minimum Gasteiger partial charge on any atom is -0.347 e. The highest BCUT2D eigenvalue weighted by molar-refractivity contribution is 7.19. The number of rotatable bonds is 2. The summed E-state index contributed by atoms with van der Waals surface area (Å²) >= 11 is 7.27. The van der Waals surface area contributed by atoms with E-state index in [-0.39, 0.29) is 11.6 Å². The Hall–Kier alpha value is -1.74. The van der Waals surface area contributed by atoms with E-state index in [0.29, 0.717) is 49.2 Å². The summed E-state index contributed by atoms with van der Waals surface area (Å²) in [4.78, 5) is 33.6. The Labute approximate surface area is 152 Å². The zero-order valence-corrected chi connectivity index (χ0v) is 14.9. The number of nitrogens with one attached hydrogen (secondary N) is 1. The van der Waals surface area contributed by atoms with E-state index in [2.05, 4.69) is 9.97 Å². The van der Waals surface area contributed by atoms with Gasteiger partial charge in [-0.25, -0.2) is 4.79 Å². The van der Waals surface area contributed by atoms with Crippen molar-refractivity contribution in [1.29, 1.82) is 0 Å². The first-order valence-corrected chi connectivity index (χ1v) is 9.18. The summed E-state index contributed by atoms with van der Waals surface area (Å²) in [5.41, 5.74) is 0.116. The molecule has 1 N–H and O–H groups in total. The van der Waals surface area contributed by atoms with Gasteiger partial charge in [0.15, 0.2) is 5.79 Å². The second-order valence-corrected chi connectivity index (χ2v) is 7.70. The first-order chi connectivity index (χ1) is 12.0.